The average Bonchev–Trinajstić information content (AvgIpc) is 2.33. The van der Waals surface area contributed by atoms with Crippen LogP contribution in [0.3, 0.4) is 0 Å². The van der Waals surface area contributed by atoms with Crippen LogP contribution in [0.4, 0.5) is 26.3 Å². The molecule has 22 heavy (non-hydrogen) atoms. The minimum atomic E-state index is -5.00. The molecule has 0 fully saturated rings. The van der Waals surface area contributed by atoms with Gasteiger partial charge in [0.15, 0.2) is 0 Å². The van der Waals surface area contributed by atoms with E-state index in [2.05, 4.69) is 5.10 Å². The summed E-state index contributed by atoms with van der Waals surface area (Å²) in [5.41, 5.74) is -4.85. The Balaban J connectivity index is 2.87. The topological polar surface area (TPSA) is 44.1 Å². The summed E-state index contributed by atoms with van der Waals surface area (Å²) in [6, 6.07) is 0. The van der Waals surface area contributed by atoms with Gasteiger partial charge in [-0.1, -0.05) is 18.1 Å². The van der Waals surface area contributed by atoms with Crippen molar-refractivity contribution in [1.29, 1.82) is 0 Å². The molecule has 0 N–H and O–H groups in total. The summed E-state index contributed by atoms with van der Waals surface area (Å²) >= 11 is 5.27. The number of aromatic nitrogens is 2. The van der Waals surface area contributed by atoms with Crippen LogP contribution < -0.4 is 5.56 Å². The van der Waals surface area contributed by atoms with Crippen molar-refractivity contribution >= 4 is 21.1 Å². The first-order valence-electron chi connectivity index (χ1n) is 5.95. The molecule has 0 bridgehead atoms. The molecule has 0 spiro atoms. The number of alkyl halides is 6. The molecule has 12 heteroatoms. The lowest BCUT2D eigenvalue weighted by molar-refractivity contribution is -0.147. The quantitative estimate of drug-likeness (QED) is 0.592. The van der Waals surface area contributed by atoms with Crippen LogP contribution in [0, 0.1) is 0 Å². The number of nitrogens with zero attached hydrogens (tertiary/aromatic N) is 2. The van der Waals surface area contributed by atoms with Gasteiger partial charge in [-0.25, -0.2) is 4.68 Å². The number of hydrogen-bond donors (Lipinski definition) is 0. The molecular formula is C10H11ClF6N2O2Si. The zero-order valence-electron chi connectivity index (χ0n) is 11.1. The second-order valence-corrected chi connectivity index (χ2v) is 6.53. The molecule has 0 aromatic carbocycles. The fourth-order valence-corrected chi connectivity index (χ4v) is 2.64. The van der Waals surface area contributed by atoms with Gasteiger partial charge in [-0.3, -0.25) is 4.79 Å². The van der Waals surface area contributed by atoms with Gasteiger partial charge < -0.3 is 4.74 Å². The normalized spacial score (nSPS) is 14.7. The van der Waals surface area contributed by atoms with Crippen molar-refractivity contribution in [3.8, 4) is 0 Å². The Hall–Kier alpha value is -1.07. The first-order valence-corrected chi connectivity index (χ1v) is 8.56. The zero-order chi connectivity index (χ0) is 17.1. The summed E-state index contributed by atoms with van der Waals surface area (Å²) in [6.45, 7) is -0.125. The Kier molecular flexibility index (Phi) is 6.04. The van der Waals surface area contributed by atoms with Crippen molar-refractivity contribution in [2.45, 2.75) is 31.2 Å². The molecule has 0 aliphatic carbocycles. The molecule has 1 aromatic rings. The smallest absolute Gasteiger partial charge is 0.359 e. The summed E-state index contributed by atoms with van der Waals surface area (Å²) < 4.78 is 80.4. The van der Waals surface area contributed by atoms with E-state index in [4.69, 9.17) is 16.3 Å². The minimum absolute atomic E-state index is 0.277. The van der Waals surface area contributed by atoms with Gasteiger partial charge in [0.2, 0.25) is 0 Å². The van der Waals surface area contributed by atoms with E-state index in [0.29, 0.717) is 6.20 Å². The maximum Gasteiger partial charge on any atom is 0.423 e. The molecule has 1 atom stereocenters. The van der Waals surface area contributed by atoms with E-state index in [1.54, 1.807) is 0 Å². The lowest BCUT2D eigenvalue weighted by Crippen LogP contribution is -2.33. The molecule has 1 rings (SSSR count). The Morgan fingerprint density at radius 2 is 1.95 bits per heavy atom. The second kappa shape index (κ2) is 7.00. The Bertz CT molecular complexity index is 574. The van der Waals surface area contributed by atoms with E-state index in [1.807, 2.05) is 0 Å². The molecule has 0 amide bonds. The van der Waals surface area contributed by atoms with E-state index in [1.165, 1.54) is 6.55 Å². The molecule has 0 saturated carbocycles. The first kappa shape index (κ1) is 19.0. The van der Waals surface area contributed by atoms with Crippen molar-refractivity contribution in [3.63, 3.8) is 0 Å². The van der Waals surface area contributed by atoms with E-state index < -0.39 is 56.9 Å². The fraction of sp³-hybridized carbons (Fsp3) is 0.600. The molecule has 0 aliphatic heterocycles. The summed E-state index contributed by atoms with van der Waals surface area (Å²) in [5, 5.41) is 2.43. The minimum Gasteiger partial charge on any atom is -0.359 e. The third kappa shape index (κ3) is 4.71. The molecule has 1 aromatic heterocycles. The zero-order valence-corrected chi connectivity index (χ0v) is 13.3. The third-order valence-corrected chi connectivity index (χ3v) is 4.74. The van der Waals surface area contributed by atoms with Gasteiger partial charge in [0.25, 0.3) is 5.56 Å². The summed E-state index contributed by atoms with van der Waals surface area (Å²) in [6.07, 6.45) is -8.84. The standard InChI is InChI=1S/C10H11ClF6N2O2Si/c1-22-6(9(12,13)14)3-21-4-19-8(20)7(10(15,16)17)5(11)2-18-19/h2,6H,3-4,22H2,1H3. The second-order valence-electron chi connectivity index (χ2n) is 4.32. The van der Waals surface area contributed by atoms with Gasteiger partial charge >= 0.3 is 12.4 Å². The van der Waals surface area contributed by atoms with Crippen molar-refractivity contribution in [3.05, 3.63) is 27.1 Å². The van der Waals surface area contributed by atoms with Crippen molar-refractivity contribution in [1.82, 2.24) is 9.78 Å². The van der Waals surface area contributed by atoms with Crippen LogP contribution in [0.2, 0.25) is 17.1 Å². The number of hydrogen-bond acceptors (Lipinski definition) is 3. The van der Waals surface area contributed by atoms with E-state index in [-0.39, 0.29) is 4.68 Å². The molecule has 0 saturated heterocycles. The highest BCUT2D eigenvalue weighted by atomic mass is 35.5. The molecule has 1 unspecified atom stereocenters. The highest BCUT2D eigenvalue weighted by Gasteiger charge is 2.39. The van der Waals surface area contributed by atoms with Crippen LogP contribution in [0.15, 0.2) is 11.0 Å². The molecular weight excluding hydrogens is 358 g/mol. The lowest BCUT2D eigenvalue weighted by atomic mass is 10.3. The molecule has 1 heterocycles. The average molecular weight is 369 g/mol. The van der Waals surface area contributed by atoms with Gasteiger partial charge in [0.05, 0.1) is 23.4 Å². The Morgan fingerprint density at radius 1 is 1.36 bits per heavy atom. The maximum atomic E-state index is 12.6. The fourth-order valence-electron chi connectivity index (χ4n) is 1.54. The molecule has 4 nitrogen and oxygen atoms in total. The summed E-state index contributed by atoms with van der Waals surface area (Å²) in [5.74, 6) is 0. The van der Waals surface area contributed by atoms with E-state index >= 15 is 0 Å². The first-order chi connectivity index (χ1) is 9.98. The van der Waals surface area contributed by atoms with Crippen molar-refractivity contribution in [2.24, 2.45) is 0 Å². The van der Waals surface area contributed by atoms with Gasteiger partial charge in [-0.15, -0.1) is 0 Å². The van der Waals surface area contributed by atoms with Gasteiger partial charge in [-0.05, 0) is 0 Å². The maximum absolute atomic E-state index is 12.6. The van der Waals surface area contributed by atoms with Crippen LogP contribution in [-0.4, -0.2) is 32.1 Å². The predicted octanol–water partition coefficient (Wildman–Crippen LogP) is 2.46. The van der Waals surface area contributed by atoms with Gasteiger partial charge in [-0.2, -0.15) is 31.4 Å². The number of halogens is 7. The Morgan fingerprint density at radius 3 is 2.41 bits per heavy atom. The number of rotatable bonds is 5. The Labute approximate surface area is 127 Å². The van der Waals surface area contributed by atoms with Crippen molar-refractivity contribution in [2.75, 3.05) is 6.61 Å². The lowest BCUT2D eigenvalue weighted by Gasteiger charge is -2.18. The van der Waals surface area contributed by atoms with E-state index in [9.17, 15) is 31.1 Å². The van der Waals surface area contributed by atoms with Gasteiger partial charge in [0, 0.05) is 9.52 Å². The predicted molar refractivity (Wildman–Crippen MR) is 68.7 cm³/mol. The van der Waals surface area contributed by atoms with Crippen LogP contribution in [0.25, 0.3) is 0 Å². The third-order valence-electron chi connectivity index (χ3n) is 2.77. The van der Waals surface area contributed by atoms with Gasteiger partial charge in [0.1, 0.15) is 12.3 Å². The highest BCUT2D eigenvalue weighted by molar-refractivity contribution is 6.36. The number of ether oxygens (including phenoxy) is 1. The molecule has 0 aliphatic rings. The SMILES string of the molecule is C[SiH2]C(COCn1ncc(Cl)c(C(F)(F)F)c1=O)C(F)(F)F. The highest BCUT2D eigenvalue weighted by Crippen LogP contribution is 2.32. The van der Waals surface area contributed by atoms with Crippen molar-refractivity contribution < 1.29 is 31.1 Å². The van der Waals surface area contributed by atoms with Crippen LogP contribution in [0.1, 0.15) is 5.56 Å². The molecule has 126 valence electrons. The van der Waals surface area contributed by atoms with Crippen LogP contribution in [-0.2, 0) is 17.6 Å². The van der Waals surface area contributed by atoms with E-state index in [0.717, 1.165) is 0 Å². The summed E-state index contributed by atoms with van der Waals surface area (Å²) in [4.78, 5) is 11.6. The summed E-state index contributed by atoms with van der Waals surface area (Å²) in [7, 11) is -1.48. The van der Waals surface area contributed by atoms with Crippen LogP contribution >= 0.6 is 11.6 Å². The monoisotopic (exact) mass is 368 g/mol. The largest absolute Gasteiger partial charge is 0.423 e. The molecule has 0 radical (unpaired) electrons. The van der Waals surface area contributed by atoms with Crippen LogP contribution in [0.5, 0.6) is 0 Å².